The van der Waals surface area contributed by atoms with Gasteiger partial charge in [-0.05, 0) is 78.2 Å². The van der Waals surface area contributed by atoms with Crippen molar-refractivity contribution in [2.45, 2.75) is 17.9 Å². The lowest BCUT2D eigenvalue weighted by molar-refractivity contribution is -0.118. The molecular formula is C32H31N3O6S. The van der Waals surface area contributed by atoms with Crippen LogP contribution in [0.15, 0.2) is 102 Å². The van der Waals surface area contributed by atoms with E-state index in [1.807, 2.05) is 36.4 Å². The van der Waals surface area contributed by atoms with Gasteiger partial charge in [-0.15, -0.1) is 0 Å². The van der Waals surface area contributed by atoms with Crippen LogP contribution < -0.4 is 19.7 Å². The lowest BCUT2D eigenvalue weighted by Gasteiger charge is -2.18. The Morgan fingerprint density at radius 1 is 0.905 bits per heavy atom. The number of rotatable bonds is 10. The molecule has 0 atom stereocenters. The van der Waals surface area contributed by atoms with E-state index in [-0.39, 0.29) is 29.9 Å². The quantitative estimate of drug-likeness (QED) is 0.288. The molecule has 0 aromatic heterocycles. The Labute approximate surface area is 245 Å². The first-order valence-corrected chi connectivity index (χ1v) is 14.8. The van der Waals surface area contributed by atoms with Crippen molar-refractivity contribution >= 4 is 33.2 Å². The highest BCUT2D eigenvalue weighted by Gasteiger charge is 2.26. The maximum atomic E-state index is 13.1. The van der Waals surface area contributed by atoms with Crippen molar-refractivity contribution in [1.82, 2.24) is 4.31 Å². The minimum absolute atomic E-state index is 0.125. The summed E-state index contributed by atoms with van der Waals surface area (Å²) in [5.74, 6) is 0.522. The number of hydrogen-bond donors (Lipinski definition) is 1. The van der Waals surface area contributed by atoms with Gasteiger partial charge in [0.2, 0.25) is 10.0 Å². The van der Waals surface area contributed by atoms with Crippen LogP contribution in [0.4, 0.5) is 11.4 Å². The third kappa shape index (κ3) is 6.45. The Morgan fingerprint density at radius 3 is 2.29 bits per heavy atom. The zero-order valence-corrected chi connectivity index (χ0v) is 24.1. The molecule has 216 valence electrons. The summed E-state index contributed by atoms with van der Waals surface area (Å²) in [6, 6.07) is 27.7. The molecule has 0 aliphatic carbocycles. The number of nitrogens with one attached hydrogen (secondary N) is 1. The fraction of sp³-hybridized carbons (Fsp3) is 0.188. The molecule has 0 fully saturated rings. The zero-order chi connectivity index (χ0) is 29.7. The third-order valence-corrected chi connectivity index (χ3v) is 8.81. The predicted molar refractivity (Wildman–Crippen MR) is 160 cm³/mol. The van der Waals surface area contributed by atoms with E-state index in [9.17, 15) is 18.0 Å². The summed E-state index contributed by atoms with van der Waals surface area (Å²) in [5, 5.41) is 2.81. The highest BCUT2D eigenvalue weighted by molar-refractivity contribution is 7.89. The van der Waals surface area contributed by atoms with Crippen LogP contribution >= 0.6 is 0 Å². The third-order valence-electron chi connectivity index (χ3n) is 7.00. The summed E-state index contributed by atoms with van der Waals surface area (Å²) in [6.07, 6.45) is 0.725. The van der Waals surface area contributed by atoms with E-state index in [4.69, 9.17) is 9.47 Å². The first-order chi connectivity index (χ1) is 20.2. The number of ether oxygens (including phenoxy) is 2. The molecule has 0 bridgehead atoms. The van der Waals surface area contributed by atoms with Gasteiger partial charge in [-0.1, -0.05) is 36.4 Å². The van der Waals surface area contributed by atoms with Gasteiger partial charge in [-0.25, -0.2) is 8.42 Å². The Bertz CT molecular complexity index is 1670. The smallest absolute Gasteiger partial charge is 0.262 e. The first-order valence-electron chi connectivity index (χ1n) is 13.4. The van der Waals surface area contributed by atoms with Crippen molar-refractivity contribution in [2.24, 2.45) is 0 Å². The van der Waals surface area contributed by atoms with Gasteiger partial charge < -0.3 is 19.7 Å². The topological polar surface area (TPSA) is 105 Å². The molecule has 0 radical (unpaired) electrons. The highest BCUT2D eigenvalue weighted by Crippen LogP contribution is 2.32. The lowest BCUT2D eigenvalue weighted by atomic mass is 10.1. The summed E-state index contributed by atoms with van der Waals surface area (Å²) in [6.45, 7) is 0.526. The second-order valence-electron chi connectivity index (χ2n) is 9.83. The highest BCUT2D eigenvalue weighted by atomic mass is 32.2. The SMILES string of the molecule is COc1ccc(C(=O)N2CCc3ccc(NC(=O)COc4ccc(S(=O)(=O)N(C)Cc5ccccc5)cc4)cc32)cc1. The van der Waals surface area contributed by atoms with Gasteiger partial charge in [-0.2, -0.15) is 4.31 Å². The van der Waals surface area contributed by atoms with Crippen LogP contribution in [-0.4, -0.2) is 51.8 Å². The number of methoxy groups -OCH3 is 1. The van der Waals surface area contributed by atoms with E-state index in [1.165, 1.54) is 35.6 Å². The molecule has 9 nitrogen and oxygen atoms in total. The minimum Gasteiger partial charge on any atom is -0.497 e. The molecule has 0 spiro atoms. The summed E-state index contributed by atoms with van der Waals surface area (Å²) >= 11 is 0. The number of sulfonamides is 1. The Hall–Kier alpha value is -4.67. The van der Waals surface area contributed by atoms with Gasteiger partial charge in [0, 0.05) is 37.1 Å². The van der Waals surface area contributed by atoms with Gasteiger partial charge in [0.25, 0.3) is 11.8 Å². The molecule has 1 heterocycles. The minimum atomic E-state index is -3.70. The Balaban J connectivity index is 1.17. The fourth-order valence-corrected chi connectivity index (χ4v) is 5.88. The molecule has 4 aromatic rings. The molecule has 0 saturated heterocycles. The summed E-state index contributed by atoms with van der Waals surface area (Å²) in [4.78, 5) is 27.6. The van der Waals surface area contributed by atoms with Crippen molar-refractivity contribution in [3.05, 3.63) is 114 Å². The fourth-order valence-electron chi connectivity index (χ4n) is 4.72. The second kappa shape index (κ2) is 12.5. The predicted octanol–water partition coefficient (Wildman–Crippen LogP) is 4.74. The van der Waals surface area contributed by atoms with E-state index in [2.05, 4.69) is 5.32 Å². The molecule has 1 N–H and O–H groups in total. The van der Waals surface area contributed by atoms with E-state index in [0.717, 1.165) is 23.2 Å². The van der Waals surface area contributed by atoms with Crippen LogP contribution in [0.1, 0.15) is 21.5 Å². The average molecular weight is 586 g/mol. The number of benzene rings is 4. The number of anilines is 2. The maximum Gasteiger partial charge on any atom is 0.262 e. The molecular weight excluding hydrogens is 554 g/mol. The van der Waals surface area contributed by atoms with E-state index in [1.54, 1.807) is 48.4 Å². The van der Waals surface area contributed by atoms with E-state index < -0.39 is 10.0 Å². The lowest BCUT2D eigenvalue weighted by Crippen LogP contribution is -2.29. The molecule has 1 aliphatic rings. The molecule has 0 unspecified atom stereocenters. The van der Waals surface area contributed by atoms with Crippen LogP contribution in [0.2, 0.25) is 0 Å². The molecule has 0 saturated carbocycles. The Morgan fingerprint density at radius 2 is 1.60 bits per heavy atom. The van der Waals surface area contributed by atoms with Crippen LogP contribution in [0.3, 0.4) is 0 Å². The van der Waals surface area contributed by atoms with Gasteiger partial charge in [-0.3, -0.25) is 9.59 Å². The average Bonchev–Trinajstić information content (AvgIpc) is 3.43. The summed E-state index contributed by atoms with van der Waals surface area (Å²) in [7, 11) is -0.592. The standard InChI is InChI=1S/C32H31N3O6S/c1-34(21-23-6-4-3-5-7-23)42(38,39)29-16-14-28(15-17-29)41-22-31(36)33-26-11-8-24-18-19-35(30(24)20-26)32(37)25-9-12-27(40-2)13-10-25/h3-17,20H,18-19,21-22H2,1-2H3,(H,33,36). The molecule has 2 amide bonds. The summed E-state index contributed by atoms with van der Waals surface area (Å²) in [5.41, 5.74) is 3.75. The van der Waals surface area contributed by atoms with Gasteiger partial charge in [0.15, 0.2) is 6.61 Å². The summed E-state index contributed by atoms with van der Waals surface area (Å²) < 4.78 is 38.0. The molecule has 42 heavy (non-hydrogen) atoms. The van der Waals surface area contributed by atoms with E-state index in [0.29, 0.717) is 29.3 Å². The van der Waals surface area contributed by atoms with Crippen molar-refractivity contribution < 1.29 is 27.5 Å². The molecule has 1 aliphatic heterocycles. The number of amides is 2. The number of carbonyl (C=O) groups is 2. The first kappa shape index (κ1) is 28.8. The number of fused-ring (bicyclic) bond motifs is 1. The maximum absolute atomic E-state index is 13.1. The van der Waals surface area contributed by atoms with Gasteiger partial charge >= 0.3 is 0 Å². The van der Waals surface area contributed by atoms with Crippen molar-refractivity contribution in [1.29, 1.82) is 0 Å². The van der Waals surface area contributed by atoms with Gasteiger partial charge in [0.1, 0.15) is 11.5 Å². The zero-order valence-electron chi connectivity index (χ0n) is 23.3. The van der Waals surface area contributed by atoms with Crippen LogP contribution in [-0.2, 0) is 27.8 Å². The number of nitrogens with zero attached hydrogens (tertiary/aromatic N) is 2. The number of carbonyl (C=O) groups excluding carboxylic acids is 2. The van der Waals surface area contributed by atoms with E-state index >= 15 is 0 Å². The molecule has 10 heteroatoms. The number of hydrogen-bond acceptors (Lipinski definition) is 6. The largest absolute Gasteiger partial charge is 0.497 e. The van der Waals surface area contributed by atoms with Crippen LogP contribution in [0.5, 0.6) is 11.5 Å². The molecule has 5 rings (SSSR count). The van der Waals surface area contributed by atoms with Crippen LogP contribution in [0, 0.1) is 0 Å². The van der Waals surface area contributed by atoms with Gasteiger partial charge in [0.05, 0.1) is 12.0 Å². The monoisotopic (exact) mass is 585 g/mol. The Kier molecular flexibility index (Phi) is 8.56. The van der Waals surface area contributed by atoms with Crippen LogP contribution in [0.25, 0.3) is 0 Å². The normalized spacial score (nSPS) is 12.6. The second-order valence-corrected chi connectivity index (χ2v) is 11.9. The van der Waals surface area contributed by atoms with Crippen molar-refractivity contribution in [3.63, 3.8) is 0 Å². The van der Waals surface area contributed by atoms with Crippen molar-refractivity contribution in [3.8, 4) is 11.5 Å². The molecule has 4 aromatic carbocycles. The van der Waals surface area contributed by atoms with Crippen molar-refractivity contribution in [2.75, 3.05) is 37.5 Å².